The van der Waals surface area contributed by atoms with Gasteiger partial charge in [-0.3, -0.25) is 4.90 Å². The lowest BCUT2D eigenvalue weighted by atomic mass is 10.3. The zero-order chi connectivity index (χ0) is 16.4. The van der Waals surface area contributed by atoms with E-state index >= 15 is 0 Å². The minimum Gasteiger partial charge on any atom is -0.296 e. The van der Waals surface area contributed by atoms with Gasteiger partial charge in [-0.25, -0.2) is 17.2 Å². The quantitative estimate of drug-likeness (QED) is 0.843. The van der Waals surface area contributed by atoms with Crippen LogP contribution in [-0.2, 0) is 16.6 Å². The van der Waals surface area contributed by atoms with E-state index in [1.165, 1.54) is 9.18 Å². The fourth-order valence-electron chi connectivity index (χ4n) is 2.57. The number of thiophene rings is 1. The molecule has 2 aromatic rings. The van der Waals surface area contributed by atoms with Crippen LogP contribution < -0.4 is 0 Å². The zero-order valence-corrected chi connectivity index (χ0v) is 13.9. The van der Waals surface area contributed by atoms with E-state index in [0.717, 1.165) is 18.7 Å². The molecule has 8 heteroatoms. The Morgan fingerprint density at radius 3 is 2.43 bits per heavy atom. The summed E-state index contributed by atoms with van der Waals surface area (Å²) in [5.41, 5.74) is 0. The van der Waals surface area contributed by atoms with Crippen molar-refractivity contribution in [3.63, 3.8) is 0 Å². The molecule has 0 spiro atoms. The molecule has 124 valence electrons. The van der Waals surface area contributed by atoms with Gasteiger partial charge in [0, 0.05) is 43.7 Å². The van der Waals surface area contributed by atoms with Crippen molar-refractivity contribution >= 4 is 21.4 Å². The lowest BCUT2D eigenvalue weighted by Gasteiger charge is -2.33. The van der Waals surface area contributed by atoms with E-state index in [-0.39, 0.29) is 0 Å². The van der Waals surface area contributed by atoms with E-state index in [9.17, 15) is 17.2 Å². The largest absolute Gasteiger partial charge is 0.296 e. The lowest BCUT2D eigenvalue weighted by Crippen LogP contribution is -2.48. The first-order valence-electron chi connectivity index (χ1n) is 7.17. The third kappa shape index (κ3) is 3.60. The molecule has 1 fully saturated rings. The molecule has 1 aromatic carbocycles. The molecule has 4 nitrogen and oxygen atoms in total. The highest BCUT2D eigenvalue weighted by Gasteiger charge is 2.30. The van der Waals surface area contributed by atoms with Crippen molar-refractivity contribution in [3.05, 3.63) is 52.2 Å². The van der Waals surface area contributed by atoms with Gasteiger partial charge in [0.15, 0.2) is 0 Å². The first kappa shape index (κ1) is 16.5. The summed E-state index contributed by atoms with van der Waals surface area (Å²) in [6.45, 7) is 2.55. The van der Waals surface area contributed by atoms with Crippen LogP contribution in [0.4, 0.5) is 8.78 Å². The third-order valence-electron chi connectivity index (χ3n) is 3.80. The Balaban J connectivity index is 1.68. The van der Waals surface area contributed by atoms with Crippen LogP contribution >= 0.6 is 11.3 Å². The van der Waals surface area contributed by atoms with Gasteiger partial charge < -0.3 is 0 Å². The molecule has 0 aliphatic carbocycles. The Morgan fingerprint density at radius 2 is 1.83 bits per heavy atom. The van der Waals surface area contributed by atoms with Crippen LogP contribution in [0.2, 0.25) is 0 Å². The molecule has 0 radical (unpaired) electrons. The monoisotopic (exact) mass is 358 g/mol. The molecule has 0 N–H and O–H groups in total. The van der Waals surface area contributed by atoms with Gasteiger partial charge in [-0.1, -0.05) is 6.07 Å². The molecule has 1 saturated heterocycles. The van der Waals surface area contributed by atoms with E-state index in [0.29, 0.717) is 32.2 Å². The van der Waals surface area contributed by atoms with Gasteiger partial charge in [-0.15, -0.1) is 11.3 Å². The second-order valence-corrected chi connectivity index (χ2v) is 8.27. The Hall–Kier alpha value is -1.35. The summed E-state index contributed by atoms with van der Waals surface area (Å²) in [4.78, 5) is 2.93. The number of benzene rings is 1. The van der Waals surface area contributed by atoms with E-state index in [1.807, 2.05) is 17.5 Å². The molecule has 1 aliphatic rings. The predicted octanol–water partition coefficient (Wildman–Crippen LogP) is 2.53. The van der Waals surface area contributed by atoms with Crippen LogP contribution in [0, 0.1) is 11.6 Å². The molecular formula is C15H16F2N2O2S2. The third-order valence-corrected chi connectivity index (χ3v) is 6.60. The Labute approximate surface area is 138 Å². The summed E-state index contributed by atoms with van der Waals surface area (Å²) >= 11 is 1.66. The standard InChI is InChI=1S/C15H16F2N2O2S2/c16-12-3-4-15(14(17)10-12)23(20,21)19-7-5-18(6-8-19)11-13-2-1-9-22-13/h1-4,9-10H,5-8,11H2. The average molecular weight is 358 g/mol. The highest BCUT2D eigenvalue weighted by Crippen LogP contribution is 2.22. The van der Waals surface area contributed by atoms with Gasteiger partial charge in [-0.05, 0) is 23.6 Å². The number of hydrogen-bond acceptors (Lipinski definition) is 4. The number of rotatable bonds is 4. The van der Waals surface area contributed by atoms with Gasteiger partial charge >= 0.3 is 0 Å². The smallest absolute Gasteiger partial charge is 0.246 e. The zero-order valence-electron chi connectivity index (χ0n) is 12.3. The van der Waals surface area contributed by atoms with Crippen molar-refractivity contribution in [2.24, 2.45) is 0 Å². The minimum atomic E-state index is -3.93. The van der Waals surface area contributed by atoms with Crippen molar-refractivity contribution in [2.75, 3.05) is 26.2 Å². The average Bonchev–Trinajstić information content (AvgIpc) is 3.00. The van der Waals surface area contributed by atoms with Gasteiger partial charge in [0.25, 0.3) is 0 Å². The number of halogens is 2. The number of piperazine rings is 1. The molecule has 0 amide bonds. The molecular weight excluding hydrogens is 342 g/mol. The first-order valence-corrected chi connectivity index (χ1v) is 9.49. The second-order valence-electron chi connectivity index (χ2n) is 5.33. The molecule has 0 bridgehead atoms. The Bertz CT molecular complexity index is 771. The molecule has 0 atom stereocenters. The summed E-state index contributed by atoms with van der Waals surface area (Å²) in [5, 5.41) is 2.01. The van der Waals surface area contributed by atoms with Crippen LogP contribution in [0.25, 0.3) is 0 Å². The van der Waals surface area contributed by atoms with Gasteiger partial charge in [0.1, 0.15) is 16.5 Å². The normalized spacial score (nSPS) is 17.5. The van der Waals surface area contributed by atoms with Crippen molar-refractivity contribution in [3.8, 4) is 0 Å². The van der Waals surface area contributed by atoms with Crippen LogP contribution in [-0.4, -0.2) is 43.8 Å². The fourth-order valence-corrected chi connectivity index (χ4v) is 4.79. The van der Waals surface area contributed by atoms with Crippen LogP contribution in [0.3, 0.4) is 0 Å². The van der Waals surface area contributed by atoms with Crippen molar-refractivity contribution in [1.82, 2.24) is 9.21 Å². The van der Waals surface area contributed by atoms with Crippen LogP contribution in [0.1, 0.15) is 4.88 Å². The summed E-state index contributed by atoms with van der Waals surface area (Å²) in [6.07, 6.45) is 0. The SMILES string of the molecule is O=S(=O)(c1ccc(F)cc1F)N1CCN(Cc2cccs2)CC1. The summed E-state index contributed by atoms with van der Waals surface area (Å²) < 4.78 is 53.0. The van der Waals surface area contributed by atoms with E-state index < -0.39 is 26.6 Å². The maximum atomic E-state index is 13.8. The molecule has 1 aromatic heterocycles. The number of hydrogen-bond donors (Lipinski definition) is 0. The van der Waals surface area contributed by atoms with E-state index in [2.05, 4.69) is 4.90 Å². The van der Waals surface area contributed by atoms with Gasteiger partial charge in [0.2, 0.25) is 10.0 Å². The Kier molecular flexibility index (Phi) is 4.77. The molecule has 1 aliphatic heterocycles. The summed E-state index contributed by atoms with van der Waals surface area (Å²) in [7, 11) is -3.93. The number of nitrogens with zero attached hydrogens (tertiary/aromatic N) is 2. The van der Waals surface area contributed by atoms with Crippen LogP contribution in [0.15, 0.2) is 40.6 Å². The van der Waals surface area contributed by atoms with Crippen molar-refractivity contribution in [2.45, 2.75) is 11.4 Å². The summed E-state index contributed by atoms with van der Waals surface area (Å²) in [6, 6.07) is 6.57. The van der Waals surface area contributed by atoms with Crippen LogP contribution in [0.5, 0.6) is 0 Å². The van der Waals surface area contributed by atoms with Gasteiger partial charge in [-0.2, -0.15) is 4.31 Å². The topological polar surface area (TPSA) is 40.6 Å². The molecule has 2 heterocycles. The molecule has 0 unspecified atom stereocenters. The van der Waals surface area contributed by atoms with Gasteiger partial charge in [0.05, 0.1) is 0 Å². The highest BCUT2D eigenvalue weighted by molar-refractivity contribution is 7.89. The minimum absolute atomic E-state index is 0.296. The fraction of sp³-hybridized carbons (Fsp3) is 0.333. The molecule has 0 saturated carbocycles. The molecule has 3 rings (SSSR count). The Morgan fingerprint density at radius 1 is 1.09 bits per heavy atom. The van der Waals surface area contributed by atoms with Crippen molar-refractivity contribution < 1.29 is 17.2 Å². The van der Waals surface area contributed by atoms with Crippen molar-refractivity contribution in [1.29, 1.82) is 0 Å². The predicted molar refractivity (Wildman–Crippen MR) is 84.7 cm³/mol. The molecule has 23 heavy (non-hydrogen) atoms. The highest BCUT2D eigenvalue weighted by atomic mass is 32.2. The van der Waals surface area contributed by atoms with E-state index in [4.69, 9.17) is 0 Å². The van der Waals surface area contributed by atoms with E-state index in [1.54, 1.807) is 11.3 Å². The summed E-state index contributed by atoms with van der Waals surface area (Å²) in [5.74, 6) is -1.84. The lowest BCUT2D eigenvalue weighted by molar-refractivity contribution is 0.182. The maximum absolute atomic E-state index is 13.8. The first-order chi connectivity index (χ1) is 11.0. The second kappa shape index (κ2) is 6.64. The maximum Gasteiger partial charge on any atom is 0.246 e. The number of sulfonamides is 1.